The number of nitrogens with zero attached hydrogens (tertiary/aromatic N) is 1. The molecule has 0 unspecified atom stereocenters. The van der Waals surface area contributed by atoms with Gasteiger partial charge in [-0.05, 0) is 46.7 Å². The minimum absolute atomic E-state index is 0.0177. The maximum Gasteiger partial charge on any atom is 0.228 e. The van der Waals surface area contributed by atoms with Crippen molar-refractivity contribution < 1.29 is 9.53 Å². The van der Waals surface area contributed by atoms with Gasteiger partial charge in [0, 0.05) is 5.69 Å². The highest BCUT2D eigenvalue weighted by atomic mass is 32.1. The summed E-state index contributed by atoms with van der Waals surface area (Å²) in [5, 5.41) is 15.1. The third-order valence-electron chi connectivity index (χ3n) is 2.39. The van der Waals surface area contributed by atoms with Crippen LogP contribution in [0, 0.1) is 11.3 Å². The van der Waals surface area contributed by atoms with Gasteiger partial charge in [-0.1, -0.05) is 0 Å². The van der Waals surface area contributed by atoms with Crippen LogP contribution in [0.25, 0.3) is 0 Å². The van der Waals surface area contributed by atoms with Crippen molar-refractivity contribution in [2.24, 2.45) is 0 Å². The molecular weight excluding hydrogens is 260 g/mol. The van der Waals surface area contributed by atoms with Crippen LogP contribution in [-0.2, 0) is 11.2 Å². The quantitative estimate of drug-likeness (QED) is 0.910. The maximum atomic E-state index is 11.8. The number of ether oxygens (including phenoxy) is 1. The summed E-state index contributed by atoms with van der Waals surface area (Å²) in [7, 11) is 0. The maximum absolute atomic E-state index is 11.8. The predicted octanol–water partition coefficient (Wildman–Crippen LogP) is 2.83. The first kappa shape index (κ1) is 13.1. The first-order valence-corrected chi connectivity index (χ1v) is 6.63. The summed E-state index contributed by atoms with van der Waals surface area (Å²) < 4.78 is 5.13. The van der Waals surface area contributed by atoms with Crippen LogP contribution in [-0.4, -0.2) is 12.5 Å². The Balaban J connectivity index is 1.88. The predicted molar refractivity (Wildman–Crippen MR) is 74.2 cm³/mol. The zero-order valence-corrected chi connectivity index (χ0v) is 10.9. The van der Waals surface area contributed by atoms with E-state index in [4.69, 9.17) is 10.00 Å². The number of thiophene rings is 1. The molecule has 19 heavy (non-hydrogen) atoms. The Labute approximate surface area is 115 Å². The Hall–Kier alpha value is -2.32. The van der Waals surface area contributed by atoms with Crippen LogP contribution < -0.4 is 10.1 Å². The van der Waals surface area contributed by atoms with Crippen molar-refractivity contribution in [2.45, 2.75) is 6.42 Å². The fraction of sp³-hybridized carbons (Fsp3) is 0.143. The van der Waals surface area contributed by atoms with Crippen LogP contribution in [0.3, 0.4) is 0 Å². The van der Waals surface area contributed by atoms with E-state index in [1.807, 2.05) is 22.9 Å². The van der Waals surface area contributed by atoms with Crippen molar-refractivity contribution >= 4 is 22.9 Å². The molecule has 0 aliphatic rings. The number of nitrogens with one attached hydrogen (secondary N) is 1. The third kappa shape index (κ3) is 4.12. The lowest BCUT2D eigenvalue weighted by Gasteiger charge is -2.06. The van der Waals surface area contributed by atoms with Crippen molar-refractivity contribution in [1.82, 2.24) is 0 Å². The summed E-state index contributed by atoms with van der Waals surface area (Å²) in [6.07, 6.45) is 0.371. The molecule has 5 heteroatoms. The van der Waals surface area contributed by atoms with Crippen LogP contribution in [0.2, 0.25) is 0 Å². The molecule has 4 nitrogen and oxygen atoms in total. The van der Waals surface area contributed by atoms with Crippen molar-refractivity contribution in [2.75, 3.05) is 11.9 Å². The molecular formula is C14H12N2O2S. The molecule has 0 atom stereocenters. The van der Waals surface area contributed by atoms with Gasteiger partial charge in [0.25, 0.3) is 0 Å². The second-order valence-corrected chi connectivity index (χ2v) is 4.61. The molecule has 1 aromatic heterocycles. The largest absolute Gasteiger partial charge is 0.479 e. The van der Waals surface area contributed by atoms with Gasteiger partial charge in [0.15, 0.2) is 6.61 Å². The standard InChI is InChI=1S/C14H12N2O2S/c15-6-7-18-13-3-1-12(2-4-13)16-14(17)9-11-5-8-19-10-11/h1-5,8,10H,7,9H2,(H,16,17). The van der Waals surface area contributed by atoms with Crippen molar-refractivity contribution in [1.29, 1.82) is 5.26 Å². The van der Waals surface area contributed by atoms with Gasteiger partial charge in [-0.2, -0.15) is 16.6 Å². The number of carbonyl (C=O) groups is 1. The van der Waals surface area contributed by atoms with Crippen molar-refractivity contribution in [3.8, 4) is 11.8 Å². The van der Waals surface area contributed by atoms with Crippen molar-refractivity contribution in [3.63, 3.8) is 0 Å². The molecule has 0 radical (unpaired) electrons. The van der Waals surface area contributed by atoms with Gasteiger partial charge >= 0.3 is 0 Å². The highest BCUT2D eigenvalue weighted by Crippen LogP contribution is 2.16. The summed E-state index contributed by atoms with van der Waals surface area (Å²) in [4.78, 5) is 11.8. The SMILES string of the molecule is N#CCOc1ccc(NC(=O)Cc2ccsc2)cc1. The van der Waals surface area contributed by atoms with Gasteiger partial charge in [0.1, 0.15) is 11.8 Å². The Kier molecular flexibility index (Phi) is 4.54. The van der Waals surface area contributed by atoms with E-state index in [2.05, 4.69) is 5.32 Å². The number of benzene rings is 1. The van der Waals surface area contributed by atoms with Gasteiger partial charge in [0.2, 0.25) is 5.91 Å². The van der Waals surface area contributed by atoms with Crippen LogP contribution in [0.15, 0.2) is 41.1 Å². The van der Waals surface area contributed by atoms with Crippen LogP contribution >= 0.6 is 11.3 Å². The second-order valence-electron chi connectivity index (χ2n) is 3.83. The number of amides is 1. The molecule has 1 amide bonds. The lowest BCUT2D eigenvalue weighted by atomic mass is 10.2. The fourth-order valence-corrected chi connectivity index (χ4v) is 2.20. The van der Waals surface area contributed by atoms with E-state index in [0.29, 0.717) is 17.9 Å². The van der Waals surface area contributed by atoms with E-state index in [9.17, 15) is 4.79 Å². The van der Waals surface area contributed by atoms with E-state index in [1.165, 1.54) is 0 Å². The third-order valence-corrected chi connectivity index (χ3v) is 3.12. The summed E-state index contributed by atoms with van der Waals surface area (Å²) in [6, 6.07) is 10.8. The molecule has 1 aromatic carbocycles. The molecule has 96 valence electrons. The van der Waals surface area contributed by atoms with Gasteiger partial charge in [-0.3, -0.25) is 4.79 Å². The number of hydrogen-bond donors (Lipinski definition) is 1. The minimum atomic E-state index is -0.0518. The molecule has 0 aliphatic heterocycles. The van der Waals surface area contributed by atoms with Gasteiger partial charge in [-0.25, -0.2) is 0 Å². The van der Waals surface area contributed by atoms with Crippen molar-refractivity contribution in [3.05, 3.63) is 46.7 Å². The van der Waals surface area contributed by atoms with E-state index in [1.54, 1.807) is 35.6 Å². The van der Waals surface area contributed by atoms with Crippen LogP contribution in [0.5, 0.6) is 5.75 Å². The first-order valence-electron chi connectivity index (χ1n) is 5.68. The average Bonchev–Trinajstić information content (AvgIpc) is 2.90. The van der Waals surface area contributed by atoms with Gasteiger partial charge < -0.3 is 10.1 Å². The number of carbonyl (C=O) groups excluding carboxylic acids is 1. The molecule has 2 aromatic rings. The topological polar surface area (TPSA) is 62.1 Å². The van der Waals surface area contributed by atoms with Crippen LogP contribution in [0.4, 0.5) is 5.69 Å². The summed E-state index contributed by atoms with van der Waals surface area (Å²) >= 11 is 1.57. The first-order chi connectivity index (χ1) is 9.28. The highest BCUT2D eigenvalue weighted by molar-refractivity contribution is 7.08. The van der Waals surface area contributed by atoms with Gasteiger partial charge in [0.05, 0.1) is 6.42 Å². The fourth-order valence-electron chi connectivity index (χ4n) is 1.53. The summed E-state index contributed by atoms with van der Waals surface area (Å²) in [6.45, 7) is 0.0177. The molecule has 0 saturated heterocycles. The summed E-state index contributed by atoms with van der Waals surface area (Å²) in [5.41, 5.74) is 1.72. The molecule has 0 bridgehead atoms. The molecule has 0 aliphatic carbocycles. The molecule has 1 heterocycles. The molecule has 0 saturated carbocycles. The van der Waals surface area contributed by atoms with E-state index < -0.39 is 0 Å². The smallest absolute Gasteiger partial charge is 0.228 e. The number of nitriles is 1. The average molecular weight is 272 g/mol. The van der Waals surface area contributed by atoms with E-state index >= 15 is 0 Å². The number of hydrogen-bond acceptors (Lipinski definition) is 4. The Morgan fingerprint density at radius 1 is 1.32 bits per heavy atom. The monoisotopic (exact) mass is 272 g/mol. The molecule has 1 N–H and O–H groups in total. The van der Waals surface area contributed by atoms with E-state index in [-0.39, 0.29) is 12.5 Å². The highest BCUT2D eigenvalue weighted by Gasteiger charge is 2.04. The van der Waals surface area contributed by atoms with Gasteiger partial charge in [-0.15, -0.1) is 0 Å². The normalized spacial score (nSPS) is 9.63. The van der Waals surface area contributed by atoms with Crippen LogP contribution in [0.1, 0.15) is 5.56 Å². The Morgan fingerprint density at radius 2 is 2.11 bits per heavy atom. The van der Waals surface area contributed by atoms with E-state index in [0.717, 1.165) is 5.56 Å². The Bertz CT molecular complexity index is 570. The molecule has 2 rings (SSSR count). The molecule has 0 spiro atoms. The zero-order valence-electron chi connectivity index (χ0n) is 10.1. The second kappa shape index (κ2) is 6.57. The minimum Gasteiger partial charge on any atom is -0.479 e. The zero-order chi connectivity index (χ0) is 13.5. The lowest BCUT2D eigenvalue weighted by molar-refractivity contribution is -0.115. The summed E-state index contributed by atoms with van der Waals surface area (Å²) in [5.74, 6) is 0.557. The number of rotatable bonds is 5. The lowest BCUT2D eigenvalue weighted by Crippen LogP contribution is -2.13. The number of anilines is 1. The Morgan fingerprint density at radius 3 is 2.74 bits per heavy atom. The molecule has 0 fully saturated rings.